The van der Waals surface area contributed by atoms with Gasteiger partial charge in [-0.25, -0.2) is 0 Å². The Hall–Kier alpha value is -2.41. The largest absolute Gasteiger partial charge is 0.349 e. The molecule has 2 aromatic rings. The number of aromatic nitrogens is 2. The van der Waals surface area contributed by atoms with Crippen molar-refractivity contribution in [2.45, 2.75) is 6.54 Å². The Morgan fingerprint density at radius 2 is 1.90 bits per heavy atom. The van der Waals surface area contributed by atoms with Gasteiger partial charge in [0.2, 0.25) is 5.82 Å². The first-order chi connectivity index (χ1) is 10.2. The molecule has 1 saturated heterocycles. The third-order valence-electron chi connectivity index (χ3n) is 3.73. The van der Waals surface area contributed by atoms with Crippen LogP contribution in [0.25, 0.3) is 0 Å². The van der Waals surface area contributed by atoms with Crippen LogP contribution >= 0.6 is 0 Å². The smallest absolute Gasteiger partial charge is 0.330 e. The summed E-state index contributed by atoms with van der Waals surface area (Å²) in [6.45, 7) is 4.20. The zero-order chi connectivity index (χ0) is 14.7. The molecule has 0 amide bonds. The van der Waals surface area contributed by atoms with E-state index in [-0.39, 0.29) is 5.69 Å². The van der Waals surface area contributed by atoms with E-state index in [0.29, 0.717) is 5.82 Å². The van der Waals surface area contributed by atoms with E-state index in [1.807, 2.05) is 23.1 Å². The molecule has 0 radical (unpaired) electrons. The summed E-state index contributed by atoms with van der Waals surface area (Å²) in [5.74, 6) is 0.513. The lowest BCUT2D eigenvalue weighted by atomic mass is 10.2. The number of nitro groups is 1. The van der Waals surface area contributed by atoms with Crippen LogP contribution in [0.5, 0.6) is 0 Å². The van der Waals surface area contributed by atoms with E-state index in [0.717, 1.165) is 32.7 Å². The van der Waals surface area contributed by atoms with Crippen LogP contribution in [0.1, 0.15) is 5.56 Å². The van der Waals surface area contributed by atoms with Gasteiger partial charge >= 0.3 is 5.69 Å². The highest BCUT2D eigenvalue weighted by molar-refractivity contribution is 5.56. The maximum absolute atomic E-state index is 10.9. The molecule has 0 saturated carbocycles. The molecule has 7 nitrogen and oxygen atoms in total. The first-order valence-corrected chi connectivity index (χ1v) is 6.93. The second-order valence-electron chi connectivity index (χ2n) is 5.11. The van der Waals surface area contributed by atoms with Crippen molar-refractivity contribution in [3.63, 3.8) is 0 Å². The maximum atomic E-state index is 10.9. The molecular weight excluding hydrogens is 270 g/mol. The Morgan fingerprint density at radius 1 is 1.19 bits per heavy atom. The molecule has 7 heteroatoms. The van der Waals surface area contributed by atoms with E-state index < -0.39 is 4.92 Å². The lowest BCUT2D eigenvalue weighted by molar-refractivity contribution is -0.384. The molecule has 1 aliphatic heterocycles. The third-order valence-corrected chi connectivity index (χ3v) is 3.73. The summed E-state index contributed by atoms with van der Waals surface area (Å²) in [6.07, 6.45) is 1.27. The van der Waals surface area contributed by atoms with Crippen LogP contribution < -0.4 is 4.90 Å². The zero-order valence-corrected chi connectivity index (χ0v) is 11.6. The highest BCUT2D eigenvalue weighted by Gasteiger charge is 2.25. The first kappa shape index (κ1) is 13.6. The van der Waals surface area contributed by atoms with Gasteiger partial charge in [0.05, 0.1) is 4.92 Å². The number of aromatic amines is 1. The summed E-state index contributed by atoms with van der Waals surface area (Å²) in [5.41, 5.74) is 1.34. The lowest BCUT2D eigenvalue weighted by Crippen LogP contribution is -2.46. The molecule has 1 aromatic heterocycles. The summed E-state index contributed by atoms with van der Waals surface area (Å²) in [4.78, 5) is 14.9. The SMILES string of the molecule is O=[N+]([O-])c1cn[nH]c1N1CCN(Cc2ccccc2)CC1. The second-order valence-corrected chi connectivity index (χ2v) is 5.11. The monoisotopic (exact) mass is 287 g/mol. The lowest BCUT2D eigenvalue weighted by Gasteiger charge is -2.34. The second kappa shape index (κ2) is 5.92. The summed E-state index contributed by atoms with van der Waals surface area (Å²) in [5, 5.41) is 17.5. The van der Waals surface area contributed by atoms with Crippen molar-refractivity contribution >= 4 is 11.5 Å². The van der Waals surface area contributed by atoms with Crippen LogP contribution in [0.3, 0.4) is 0 Å². The number of hydrogen-bond donors (Lipinski definition) is 1. The van der Waals surface area contributed by atoms with Crippen LogP contribution in [0.15, 0.2) is 36.5 Å². The normalized spacial score (nSPS) is 16.1. The molecule has 0 atom stereocenters. The van der Waals surface area contributed by atoms with Gasteiger partial charge in [0.25, 0.3) is 0 Å². The van der Waals surface area contributed by atoms with E-state index in [9.17, 15) is 10.1 Å². The van der Waals surface area contributed by atoms with Gasteiger partial charge in [0.1, 0.15) is 6.20 Å². The van der Waals surface area contributed by atoms with E-state index in [2.05, 4.69) is 27.2 Å². The van der Waals surface area contributed by atoms with Gasteiger partial charge < -0.3 is 4.90 Å². The molecule has 2 heterocycles. The molecule has 110 valence electrons. The van der Waals surface area contributed by atoms with Gasteiger partial charge in [-0.2, -0.15) is 5.10 Å². The molecule has 3 rings (SSSR count). The fraction of sp³-hybridized carbons (Fsp3) is 0.357. The molecule has 0 aliphatic carbocycles. The van der Waals surface area contributed by atoms with Gasteiger partial charge in [0.15, 0.2) is 0 Å². The quantitative estimate of drug-likeness (QED) is 0.683. The third kappa shape index (κ3) is 3.03. The Morgan fingerprint density at radius 3 is 2.57 bits per heavy atom. The Kier molecular flexibility index (Phi) is 3.83. The van der Waals surface area contributed by atoms with E-state index in [1.165, 1.54) is 11.8 Å². The van der Waals surface area contributed by atoms with Crippen LogP contribution in [-0.4, -0.2) is 46.2 Å². The Labute approximate surface area is 122 Å². The number of nitrogens with zero attached hydrogens (tertiary/aromatic N) is 4. The van der Waals surface area contributed by atoms with Gasteiger partial charge in [0, 0.05) is 32.7 Å². The average Bonchev–Trinajstić information content (AvgIpc) is 2.99. The van der Waals surface area contributed by atoms with Crippen molar-refractivity contribution in [1.82, 2.24) is 15.1 Å². The van der Waals surface area contributed by atoms with Gasteiger partial charge in [-0.1, -0.05) is 30.3 Å². The summed E-state index contributed by atoms with van der Waals surface area (Å²) in [6, 6.07) is 10.3. The van der Waals surface area contributed by atoms with Crippen LogP contribution in [0.4, 0.5) is 11.5 Å². The molecule has 0 bridgehead atoms. The number of hydrogen-bond acceptors (Lipinski definition) is 5. The van der Waals surface area contributed by atoms with Crippen molar-refractivity contribution in [3.8, 4) is 0 Å². The Bertz CT molecular complexity index is 605. The fourth-order valence-electron chi connectivity index (χ4n) is 2.61. The first-order valence-electron chi connectivity index (χ1n) is 6.93. The molecule has 1 fully saturated rings. The standard InChI is InChI=1S/C14H17N5O2/c20-19(21)13-10-15-16-14(13)18-8-6-17(7-9-18)11-12-4-2-1-3-5-12/h1-5,10H,6-9,11H2,(H,15,16). The molecule has 1 aromatic carbocycles. The fourth-order valence-corrected chi connectivity index (χ4v) is 2.61. The Balaban J connectivity index is 1.60. The molecule has 1 aliphatic rings. The van der Waals surface area contributed by atoms with Gasteiger partial charge in [-0.15, -0.1) is 0 Å². The molecular formula is C14H17N5O2. The van der Waals surface area contributed by atoms with Crippen LogP contribution in [-0.2, 0) is 6.54 Å². The van der Waals surface area contributed by atoms with E-state index in [4.69, 9.17) is 0 Å². The molecule has 0 unspecified atom stereocenters. The number of anilines is 1. The molecule has 1 N–H and O–H groups in total. The van der Waals surface area contributed by atoms with E-state index >= 15 is 0 Å². The predicted molar refractivity (Wildman–Crippen MR) is 79.2 cm³/mol. The topological polar surface area (TPSA) is 78.3 Å². The number of rotatable bonds is 4. The van der Waals surface area contributed by atoms with Gasteiger partial charge in [-0.3, -0.25) is 20.1 Å². The minimum Gasteiger partial charge on any atom is -0.349 e. The number of benzene rings is 1. The predicted octanol–water partition coefficient (Wildman–Crippen LogP) is 1.64. The summed E-state index contributed by atoms with van der Waals surface area (Å²) in [7, 11) is 0. The molecule has 21 heavy (non-hydrogen) atoms. The number of nitrogens with one attached hydrogen (secondary N) is 1. The van der Waals surface area contributed by atoms with Crippen LogP contribution in [0, 0.1) is 10.1 Å². The van der Waals surface area contributed by atoms with E-state index in [1.54, 1.807) is 0 Å². The maximum Gasteiger partial charge on any atom is 0.330 e. The number of piperazine rings is 1. The van der Waals surface area contributed by atoms with Crippen LogP contribution in [0.2, 0.25) is 0 Å². The minimum atomic E-state index is -0.394. The van der Waals surface area contributed by atoms with Crippen molar-refractivity contribution in [3.05, 3.63) is 52.2 Å². The number of H-pyrrole nitrogens is 1. The van der Waals surface area contributed by atoms with Crippen molar-refractivity contribution in [1.29, 1.82) is 0 Å². The molecule has 0 spiro atoms. The summed E-state index contributed by atoms with van der Waals surface area (Å²) < 4.78 is 0. The zero-order valence-electron chi connectivity index (χ0n) is 11.6. The van der Waals surface area contributed by atoms with Gasteiger partial charge in [-0.05, 0) is 5.56 Å². The van der Waals surface area contributed by atoms with Crippen molar-refractivity contribution < 1.29 is 4.92 Å². The summed E-state index contributed by atoms with van der Waals surface area (Å²) >= 11 is 0. The van der Waals surface area contributed by atoms with Crippen molar-refractivity contribution in [2.75, 3.05) is 31.1 Å². The highest BCUT2D eigenvalue weighted by Crippen LogP contribution is 2.25. The minimum absolute atomic E-state index is 0.0477. The van der Waals surface area contributed by atoms with Crippen molar-refractivity contribution in [2.24, 2.45) is 0 Å². The average molecular weight is 287 g/mol. The highest BCUT2D eigenvalue weighted by atomic mass is 16.6.